The number of nitrogens with zero attached hydrogens (tertiary/aromatic N) is 2. The third-order valence-electron chi connectivity index (χ3n) is 2.72. The fourth-order valence-electron chi connectivity index (χ4n) is 2.08. The number of allylic oxidation sites excluding steroid dienone is 1. The van der Waals surface area contributed by atoms with Gasteiger partial charge < -0.3 is 0 Å². The SMILES string of the molecule is C=C(C)c1c(C)nn(-c2ccccc2)c1C. The summed E-state index contributed by atoms with van der Waals surface area (Å²) in [5.41, 5.74) is 5.52. The number of benzene rings is 1. The first-order valence-electron chi connectivity index (χ1n) is 5.39. The first-order valence-corrected chi connectivity index (χ1v) is 5.39. The predicted molar refractivity (Wildman–Crippen MR) is 67.7 cm³/mol. The molecule has 82 valence electrons. The van der Waals surface area contributed by atoms with Crippen molar-refractivity contribution in [3.05, 3.63) is 53.9 Å². The molecule has 2 nitrogen and oxygen atoms in total. The van der Waals surface area contributed by atoms with E-state index in [-0.39, 0.29) is 0 Å². The van der Waals surface area contributed by atoms with Crippen molar-refractivity contribution in [2.75, 3.05) is 0 Å². The molecule has 2 heteroatoms. The first kappa shape index (κ1) is 10.7. The van der Waals surface area contributed by atoms with Crippen LogP contribution in [0.2, 0.25) is 0 Å². The highest BCUT2D eigenvalue weighted by Crippen LogP contribution is 2.23. The summed E-state index contributed by atoms with van der Waals surface area (Å²) < 4.78 is 1.97. The summed E-state index contributed by atoms with van der Waals surface area (Å²) in [6.07, 6.45) is 0. The summed E-state index contributed by atoms with van der Waals surface area (Å²) in [6.45, 7) is 10.1. The highest BCUT2D eigenvalue weighted by molar-refractivity contribution is 5.66. The van der Waals surface area contributed by atoms with Crippen LogP contribution in [0.5, 0.6) is 0 Å². The summed E-state index contributed by atoms with van der Waals surface area (Å²) in [6, 6.07) is 10.2. The maximum atomic E-state index is 4.56. The van der Waals surface area contributed by atoms with Crippen LogP contribution in [-0.2, 0) is 0 Å². The molecule has 0 saturated heterocycles. The predicted octanol–water partition coefficient (Wildman–Crippen LogP) is 3.52. The smallest absolute Gasteiger partial charge is 0.0675 e. The standard InChI is InChI=1S/C14H16N2/c1-10(2)14-11(3)15-16(12(14)4)13-8-6-5-7-9-13/h5-9H,1H2,2-4H3. The average Bonchev–Trinajstić information content (AvgIpc) is 2.55. The number of hydrogen-bond acceptors (Lipinski definition) is 1. The molecule has 2 aromatic rings. The Morgan fingerprint density at radius 3 is 2.31 bits per heavy atom. The maximum absolute atomic E-state index is 4.56. The van der Waals surface area contributed by atoms with Gasteiger partial charge in [-0.15, -0.1) is 0 Å². The molecule has 0 fully saturated rings. The van der Waals surface area contributed by atoms with Crippen LogP contribution in [0.25, 0.3) is 11.3 Å². The molecule has 0 unspecified atom stereocenters. The number of para-hydroxylation sites is 1. The lowest BCUT2D eigenvalue weighted by Gasteiger charge is -2.04. The van der Waals surface area contributed by atoms with Gasteiger partial charge in [-0.1, -0.05) is 24.8 Å². The molecule has 0 spiro atoms. The van der Waals surface area contributed by atoms with Gasteiger partial charge in [-0.2, -0.15) is 5.10 Å². The monoisotopic (exact) mass is 212 g/mol. The van der Waals surface area contributed by atoms with Gasteiger partial charge in [-0.25, -0.2) is 4.68 Å². The Hall–Kier alpha value is -1.83. The minimum atomic E-state index is 1.04. The van der Waals surface area contributed by atoms with E-state index in [1.165, 1.54) is 5.56 Å². The Morgan fingerprint density at radius 2 is 1.81 bits per heavy atom. The van der Waals surface area contributed by atoms with E-state index in [1.807, 2.05) is 36.7 Å². The molecule has 1 aromatic carbocycles. The van der Waals surface area contributed by atoms with Crippen LogP contribution in [0.1, 0.15) is 23.9 Å². The van der Waals surface area contributed by atoms with Gasteiger partial charge >= 0.3 is 0 Å². The van der Waals surface area contributed by atoms with Crippen molar-refractivity contribution in [3.63, 3.8) is 0 Å². The minimum absolute atomic E-state index is 1.04. The Balaban J connectivity index is 2.61. The zero-order valence-corrected chi connectivity index (χ0v) is 9.99. The van der Waals surface area contributed by atoms with Gasteiger partial charge in [0.15, 0.2) is 0 Å². The second-order valence-corrected chi connectivity index (χ2v) is 4.07. The van der Waals surface area contributed by atoms with Crippen LogP contribution in [0.4, 0.5) is 0 Å². The number of rotatable bonds is 2. The zero-order chi connectivity index (χ0) is 11.7. The second kappa shape index (κ2) is 3.97. The zero-order valence-electron chi connectivity index (χ0n) is 9.99. The van der Waals surface area contributed by atoms with E-state index < -0.39 is 0 Å². The van der Waals surface area contributed by atoms with E-state index in [0.717, 1.165) is 22.6 Å². The third-order valence-corrected chi connectivity index (χ3v) is 2.72. The number of aromatic nitrogens is 2. The van der Waals surface area contributed by atoms with E-state index in [4.69, 9.17) is 0 Å². The Bertz CT molecular complexity index is 521. The highest BCUT2D eigenvalue weighted by Gasteiger charge is 2.12. The van der Waals surface area contributed by atoms with E-state index in [1.54, 1.807) is 0 Å². The minimum Gasteiger partial charge on any atom is -0.237 e. The summed E-state index contributed by atoms with van der Waals surface area (Å²) >= 11 is 0. The third kappa shape index (κ3) is 1.67. The largest absolute Gasteiger partial charge is 0.237 e. The summed E-state index contributed by atoms with van der Waals surface area (Å²) in [7, 11) is 0. The molecule has 0 N–H and O–H groups in total. The van der Waals surface area contributed by atoms with Crippen LogP contribution < -0.4 is 0 Å². The number of aryl methyl sites for hydroxylation is 1. The molecule has 0 aliphatic heterocycles. The molecule has 0 aliphatic carbocycles. The molecule has 0 saturated carbocycles. The van der Waals surface area contributed by atoms with E-state index in [0.29, 0.717) is 0 Å². The topological polar surface area (TPSA) is 17.8 Å². The maximum Gasteiger partial charge on any atom is 0.0675 e. The average molecular weight is 212 g/mol. The van der Waals surface area contributed by atoms with E-state index >= 15 is 0 Å². The lowest BCUT2D eigenvalue weighted by Crippen LogP contribution is -1.98. The summed E-state index contributed by atoms with van der Waals surface area (Å²) in [5.74, 6) is 0. The molecular formula is C14H16N2. The van der Waals surface area contributed by atoms with Crippen molar-refractivity contribution >= 4 is 5.57 Å². The summed E-state index contributed by atoms with van der Waals surface area (Å²) in [5, 5.41) is 4.56. The molecule has 0 aliphatic rings. The lowest BCUT2D eigenvalue weighted by molar-refractivity contribution is 0.833. The van der Waals surface area contributed by atoms with Gasteiger partial charge in [0.1, 0.15) is 0 Å². The second-order valence-electron chi connectivity index (χ2n) is 4.07. The van der Waals surface area contributed by atoms with Crippen LogP contribution in [-0.4, -0.2) is 9.78 Å². The Kier molecular flexibility index (Phi) is 2.65. The van der Waals surface area contributed by atoms with Crippen LogP contribution in [0.3, 0.4) is 0 Å². The van der Waals surface area contributed by atoms with Crippen molar-refractivity contribution in [2.24, 2.45) is 0 Å². The van der Waals surface area contributed by atoms with Gasteiger partial charge in [-0.3, -0.25) is 0 Å². The first-order chi connectivity index (χ1) is 7.61. The van der Waals surface area contributed by atoms with Crippen LogP contribution in [0.15, 0.2) is 36.9 Å². The molecule has 1 heterocycles. The summed E-state index contributed by atoms with van der Waals surface area (Å²) in [4.78, 5) is 0. The van der Waals surface area contributed by atoms with Gasteiger partial charge in [-0.05, 0) is 38.5 Å². The van der Waals surface area contributed by atoms with Crippen molar-refractivity contribution in [1.29, 1.82) is 0 Å². The van der Waals surface area contributed by atoms with Crippen LogP contribution >= 0.6 is 0 Å². The van der Waals surface area contributed by atoms with Crippen molar-refractivity contribution < 1.29 is 0 Å². The van der Waals surface area contributed by atoms with Gasteiger partial charge in [0.05, 0.1) is 11.4 Å². The molecule has 0 bridgehead atoms. The Labute approximate surface area is 96.2 Å². The Morgan fingerprint density at radius 1 is 1.19 bits per heavy atom. The lowest BCUT2D eigenvalue weighted by atomic mass is 10.1. The molecule has 16 heavy (non-hydrogen) atoms. The fraction of sp³-hybridized carbons (Fsp3) is 0.214. The van der Waals surface area contributed by atoms with E-state index in [2.05, 4.69) is 30.7 Å². The number of hydrogen-bond donors (Lipinski definition) is 0. The molecule has 0 amide bonds. The van der Waals surface area contributed by atoms with Gasteiger partial charge in [0.2, 0.25) is 0 Å². The van der Waals surface area contributed by atoms with Crippen molar-refractivity contribution in [3.8, 4) is 5.69 Å². The normalized spacial score (nSPS) is 10.4. The van der Waals surface area contributed by atoms with Crippen molar-refractivity contribution in [2.45, 2.75) is 20.8 Å². The highest BCUT2D eigenvalue weighted by atomic mass is 15.3. The van der Waals surface area contributed by atoms with Gasteiger partial charge in [0, 0.05) is 11.3 Å². The molecule has 0 atom stereocenters. The van der Waals surface area contributed by atoms with E-state index in [9.17, 15) is 0 Å². The van der Waals surface area contributed by atoms with Crippen LogP contribution in [0, 0.1) is 13.8 Å². The van der Waals surface area contributed by atoms with Gasteiger partial charge in [0.25, 0.3) is 0 Å². The molecular weight excluding hydrogens is 196 g/mol. The molecule has 2 rings (SSSR count). The molecule has 1 aromatic heterocycles. The van der Waals surface area contributed by atoms with Crippen molar-refractivity contribution in [1.82, 2.24) is 9.78 Å². The quantitative estimate of drug-likeness (QED) is 0.744. The molecule has 0 radical (unpaired) electrons. The fourth-order valence-corrected chi connectivity index (χ4v) is 2.08.